The fourth-order valence-corrected chi connectivity index (χ4v) is 1.94. The molecular formula is C12H7Cl5O2. The second-order valence-electron chi connectivity index (χ2n) is 3.31. The highest BCUT2D eigenvalue weighted by Crippen LogP contribution is 2.32. The van der Waals surface area contributed by atoms with E-state index >= 15 is 0 Å². The molecule has 2 rings (SSSR count). The minimum absolute atomic E-state index is 0.0565. The monoisotopic (exact) mass is 358 g/mol. The smallest absolute Gasteiger partial charge is 0.135 e. The van der Waals surface area contributed by atoms with E-state index in [4.69, 9.17) is 68.2 Å². The summed E-state index contributed by atoms with van der Waals surface area (Å²) in [6.45, 7) is 0. The zero-order valence-corrected chi connectivity index (χ0v) is 13.0. The van der Waals surface area contributed by atoms with Crippen LogP contribution in [0, 0.1) is 0 Å². The molecule has 2 aromatic carbocycles. The van der Waals surface area contributed by atoms with Crippen molar-refractivity contribution in [3.8, 4) is 11.5 Å². The fourth-order valence-electron chi connectivity index (χ4n) is 0.993. The fraction of sp³-hybridized carbons (Fsp3) is 0. The van der Waals surface area contributed by atoms with E-state index in [1.807, 2.05) is 0 Å². The molecule has 0 aliphatic carbocycles. The third-order valence-electron chi connectivity index (χ3n) is 1.90. The largest absolute Gasteiger partial charge is 0.506 e. The molecule has 0 saturated heterocycles. The molecule has 7 heteroatoms. The summed E-state index contributed by atoms with van der Waals surface area (Å²) in [6, 6.07) is 7.19. The lowest BCUT2D eigenvalue weighted by Crippen LogP contribution is -1.70. The molecule has 0 atom stereocenters. The first-order valence-corrected chi connectivity index (χ1v) is 6.67. The van der Waals surface area contributed by atoms with Gasteiger partial charge in [-0.2, -0.15) is 0 Å². The van der Waals surface area contributed by atoms with E-state index in [-0.39, 0.29) is 21.5 Å². The number of aromatic hydroxyl groups is 2. The standard InChI is InChI=1S/C6H3Cl3O.C6H4Cl2O/c7-3-1-5(9)6(10)2-4(3)8;7-4-1-2-6(9)5(8)3-4/h1-2,10H;1-3,9H. The van der Waals surface area contributed by atoms with E-state index in [2.05, 4.69) is 0 Å². The summed E-state index contributed by atoms with van der Waals surface area (Å²) in [5, 5.41) is 19.4. The lowest BCUT2D eigenvalue weighted by molar-refractivity contribution is 0.475. The predicted molar refractivity (Wildman–Crippen MR) is 81.3 cm³/mol. The first kappa shape index (κ1) is 16.5. The summed E-state index contributed by atoms with van der Waals surface area (Å²) in [5.41, 5.74) is 0. The van der Waals surface area contributed by atoms with Crippen molar-refractivity contribution in [2.45, 2.75) is 0 Å². The Bertz CT molecular complexity index is 536. The molecule has 0 spiro atoms. The number of rotatable bonds is 0. The molecule has 0 unspecified atom stereocenters. The Balaban J connectivity index is 0.000000191. The lowest BCUT2D eigenvalue weighted by Gasteiger charge is -1.97. The van der Waals surface area contributed by atoms with Crippen LogP contribution < -0.4 is 0 Å². The minimum atomic E-state index is -0.0592. The topological polar surface area (TPSA) is 40.5 Å². The Hall–Kier alpha value is -0.510. The molecule has 0 fully saturated rings. The van der Waals surface area contributed by atoms with E-state index < -0.39 is 0 Å². The molecule has 0 heterocycles. The van der Waals surface area contributed by atoms with Gasteiger partial charge in [0.2, 0.25) is 0 Å². The first-order chi connectivity index (χ1) is 8.81. The van der Waals surface area contributed by atoms with Crippen LogP contribution >= 0.6 is 58.0 Å². The van der Waals surface area contributed by atoms with Gasteiger partial charge in [0.15, 0.2) is 0 Å². The average Bonchev–Trinajstić information content (AvgIpc) is 2.33. The van der Waals surface area contributed by atoms with Crippen LogP contribution in [0.3, 0.4) is 0 Å². The minimum Gasteiger partial charge on any atom is -0.506 e. The molecule has 0 aliphatic heterocycles. The number of halogens is 5. The van der Waals surface area contributed by atoms with E-state index in [1.54, 1.807) is 6.07 Å². The summed E-state index contributed by atoms with van der Waals surface area (Å²) < 4.78 is 0. The zero-order chi connectivity index (χ0) is 14.6. The molecule has 19 heavy (non-hydrogen) atoms. The number of hydrogen-bond acceptors (Lipinski definition) is 2. The van der Waals surface area contributed by atoms with Crippen LogP contribution in [0.25, 0.3) is 0 Å². The molecule has 0 aromatic heterocycles. The number of phenols is 2. The van der Waals surface area contributed by atoms with Crippen molar-refractivity contribution in [1.82, 2.24) is 0 Å². The Morgan fingerprint density at radius 3 is 1.58 bits per heavy atom. The van der Waals surface area contributed by atoms with Crippen molar-refractivity contribution in [2.24, 2.45) is 0 Å². The predicted octanol–water partition coefficient (Wildman–Crippen LogP) is 6.05. The van der Waals surface area contributed by atoms with E-state index in [1.165, 1.54) is 24.3 Å². The number of benzene rings is 2. The van der Waals surface area contributed by atoms with Gasteiger partial charge in [-0.1, -0.05) is 58.0 Å². The van der Waals surface area contributed by atoms with Crippen molar-refractivity contribution in [2.75, 3.05) is 0 Å². The molecule has 0 radical (unpaired) electrons. The Morgan fingerprint density at radius 2 is 1.11 bits per heavy atom. The van der Waals surface area contributed by atoms with Crippen LogP contribution in [0.4, 0.5) is 0 Å². The summed E-state index contributed by atoms with van der Waals surface area (Å²) in [6.07, 6.45) is 0. The highest BCUT2D eigenvalue weighted by atomic mass is 35.5. The molecule has 2 nitrogen and oxygen atoms in total. The highest BCUT2D eigenvalue weighted by Gasteiger charge is 2.02. The summed E-state index contributed by atoms with van der Waals surface area (Å²) >= 11 is 27.6. The van der Waals surface area contributed by atoms with Crippen LogP contribution in [0.5, 0.6) is 11.5 Å². The maximum atomic E-state index is 8.95. The van der Waals surface area contributed by atoms with Gasteiger partial charge >= 0.3 is 0 Å². The maximum absolute atomic E-state index is 8.95. The zero-order valence-electron chi connectivity index (χ0n) is 9.17. The molecule has 102 valence electrons. The number of phenolic OH excluding ortho intramolecular Hbond substituents is 2. The summed E-state index contributed by atoms with van der Waals surface area (Å²) in [5.74, 6) is -0.00265. The highest BCUT2D eigenvalue weighted by molar-refractivity contribution is 6.43. The quantitative estimate of drug-likeness (QED) is 0.561. The van der Waals surface area contributed by atoms with Gasteiger partial charge in [0, 0.05) is 11.1 Å². The van der Waals surface area contributed by atoms with Crippen molar-refractivity contribution >= 4 is 58.0 Å². The normalized spacial score (nSPS) is 9.74. The van der Waals surface area contributed by atoms with Gasteiger partial charge in [-0.25, -0.2) is 0 Å². The van der Waals surface area contributed by atoms with E-state index in [9.17, 15) is 0 Å². The van der Waals surface area contributed by atoms with Gasteiger partial charge in [0.25, 0.3) is 0 Å². The van der Waals surface area contributed by atoms with Gasteiger partial charge < -0.3 is 10.2 Å². The van der Waals surface area contributed by atoms with Gasteiger partial charge in [0.05, 0.1) is 20.1 Å². The van der Waals surface area contributed by atoms with Gasteiger partial charge in [0.1, 0.15) is 11.5 Å². The molecule has 0 bridgehead atoms. The van der Waals surface area contributed by atoms with Gasteiger partial charge in [-0.15, -0.1) is 0 Å². The SMILES string of the molecule is Oc1cc(Cl)c(Cl)cc1Cl.Oc1ccc(Cl)cc1Cl. The second kappa shape index (κ2) is 7.32. The Labute approximate surface area is 135 Å². The van der Waals surface area contributed by atoms with Gasteiger partial charge in [-0.3, -0.25) is 0 Å². The average molecular weight is 360 g/mol. The Kier molecular flexibility index (Phi) is 6.37. The van der Waals surface area contributed by atoms with Crippen LogP contribution in [0.2, 0.25) is 25.1 Å². The molecule has 2 N–H and O–H groups in total. The molecule has 2 aromatic rings. The van der Waals surface area contributed by atoms with Gasteiger partial charge in [-0.05, 0) is 24.3 Å². The Morgan fingerprint density at radius 1 is 0.579 bits per heavy atom. The first-order valence-electron chi connectivity index (χ1n) is 4.78. The third-order valence-corrected chi connectivity index (χ3v) is 3.46. The summed E-state index contributed by atoms with van der Waals surface area (Å²) in [4.78, 5) is 0. The van der Waals surface area contributed by atoms with Crippen LogP contribution in [0.1, 0.15) is 0 Å². The second-order valence-corrected chi connectivity index (χ2v) is 5.38. The number of hydrogen-bond donors (Lipinski definition) is 2. The molecule has 0 aliphatic rings. The molecule has 0 saturated carbocycles. The molecular weight excluding hydrogens is 353 g/mol. The van der Waals surface area contributed by atoms with Crippen molar-refractivity contribution in [3.05, 3.63) is 55.4 Å². The van der Waals surface area contributed by atoms with Crippen LogP contribution in [-0.2, 0) is 0 Å². The molecule has 0 amide bonds. The third kappa shape index (κ3) is 5.17. The summed E-state index contributed by atoms with van der Waals surface area (Å²) in [7, 11) is 0. The van der Waals surface area contributed by atoms with Crippen LogP contribution in [0.15, 0.2) is 30.3 Å². The maximum Gasteiger partial charge on any atom is 0.135 e. The van der Waals surface area contributed by atoms with Crippen molar-refractivity contribution in [1.29, 1.82) is 0 Å². The van der Waals surface area contributed by atoms with E-state index in [0.29, 0.717) is 15.1 Å². The lowest BCUT2D eigenvalue weighted by atomic mass is 10.3. The van der Waals surface area contributed by atoms with E-state index in [0.717, 1.165) is 0 Å². The van der Waals surface area contributed by atoms with Crippen molar-refractivity contribution < 1.29 is 10.2 Å². The van der Waals surface area contributed by atoms with Crippen molar-refractivity contribution in [3.63, 3.8) is 0 Å². The van der Waals surface area contributed by atoms with Crippen LogP contribution in [-0.4, -0.2) is 10.2 Å².